The molecule has 0 N–H and O–H groups in total. The number of methoxy groups -OCH3 is 1. The fourth-order valence-electron chi connectivity index (χ4n) is 1.47. The number of morpholine rings is 1. The second-order valence-corrected chi connectivity index (χ2v) is 3.73. The first-order valence-corrected chi connectivity index (χ1v) is 4.64. The van der Waals surface area contributed by atoms with Crippen molar-refractivity contribution in [2.75, 3.05) is 47.0 Å². The molecular formula is C9H18ClNO3. The second kappa shape index (κ2) is 6.22. The van der Waals surface area contributed by atoms with Gasteiger partial charge in [0.25, 0.3) is 0 Å². The number of esters is 1. The van der Waals surface area contributed by atoms with Gasteiger partial charge in [-0.25, -0.2) is 0 Å². The van der Waals surface area contributed by atoms with E-state index in [0.717, 1.165) is 37.3 Å². The Morgan fingerprint density at radius 1 is 1.43 bits per heavy atom. The number of hydrogen-bond acceptors (Lipinski definition) is 3. The summed E-state index contributed by atoms with van der Waals surface area (Å²) in [5, 5.41) is 0. The Labute approximate surface area is 91.2 Å². The van der Waals surface area contributed by atoms with Crippen molar-refractivity contribution in [1.82, 2.24) is 0 Å². The van der Waals surface area contributed by atoms with Crippen LogP contribution in [-0.2, 0) is 14.3 Å². The highest BCUT2D eigenvalue weighted by Gasteiger charge is 2.25. The van der Waals surface area contributed by atoms with E-state index in [-0.39, 0.29) is 18.4 Å². The molecule has 0 aliphatic carbocycles. The molecule has 1 rings (SSSR count). The van der Waals surface area contributed by atoms with E-state index in [1.54, 1.807) is 0 Å². The largest absolute Gasteiger partial charge is 1.00 e. The van der Waals surface area contributed by atoms with Gasteiger partial charge in [-0.2, -0.15) is 0 Å². The van der Waals surface area contributed by atoms with Crippen LogP contribution in [0.2, 0.25) is 0 Å². The predicted molar refractivity (Wildman–Crippen MR) is 48.2 cm³/mol. The van der Waals surface area contributed by atoms with E-state index in [4.69, 9.17) is 4.74 Å². The number of likely N-dealkylation sites (N-methyl/N-ethyl adjacent to an activating group) is 1. The Morgan fingerprint density at radius 3 is 2.50 bits per heavy atom. The van der Waals surface area contributed by atoms with E-state index in [1.165, 1.54) is 7.11 Å². The lowest BCUT2D eigenvalue weighted by Gasteiger charge is -2.37. The zero-order chi connectivity index (χ0) is 9.73. The lowest BCUT2D eigenvalue weighted by Crippen LogP contribution is -3.00. The van der Waals surface area contributed by atoms with Crippen LogP contribution >= 0.6 is 0 Å². The summed E-state index contributed by atoms with van der Waals surface area (Å²) in [6, 6.07) is 0. The maximum absolute atomic E-state index is 10.9. The molecule has 0 spiro atoms. The van der Waals surface area contributed by atoms with Crippen molar-refractivity contribution in [1.29, 1.82) is 0 Å². The quantitative estimate of drug-likeness (QED) is 0.379. The molecule has 1 saturated heterocycles. The number of carbonyl (C=O) groups excluding carboxylic acids is 1. The smallest absolute Gasteiger partial charge is 0.311 e. The Balaban J connectivity index is 0.00000169. The molecule has 4 nitrogen and oxygen atoms in total. The van der Waals surface area contributed by atoms with Crippen LogP contribution in [0.1, 0.15) is 6.42 Å². The maximum atomic E-state index is 10.9. The summed E-state index contributed by atoms with van der Waals surface area (Å²) < 4.78 is 10.8. The average molecular weight is 224 g/mol. The highest BCUT2D eigenvalue weighted by molar-refractivity contribution is 5.69. The Hall–Kier alpha value is -0.320. The number of quaternary nitrogens is 1. The summed E-state index contributed by atoms with van der Waals surface area (Å²) in [7, 11) is 3.59. The van der Waals surface area contributed by atoms with Crippen molar-refractivity contribution < 1.29 is 31.2 Å². The number of ether oxygens (including phenoxy) is 2. The molecule has 0 amide bonds. The molecule has 0 unspecified atom stereocenters. The third-order valence-electron chi connectivity index (χ3n) is 2.63. The average Bonchev–Trinajstić information content (AvgIpc) is 2.15. The van der Waals surface area contributed by atoms with Crippen LogP contribution in [0, 0.1) is 0 Å². The van der Waals surface area contributed by atoms with Crippen molar-refractivity contribution in [2.24, 2.45) is 0 Å². The number of halogens is 1. The minimum Gasteiger partial charge on any atom is -1.00 e. The van der Waals surface area contributed by atoms with E-state index in [9.17, 15) is 4.79 Å². The number of rotatable bonds is 3. The van der Waals surface area contributed by atoms with E-state index < -0.39 is 0 Å². The predicted octanol–water partition coefficient (Wildman–Crippen LogP) is -2.97. The molecule has 1 fully saturated rings. The van der Waals surface area contributed by atoms with Crippen molar-refractivity contribution in [2.45, 2.75) is 6.42 Å². The van der Waals surface area contributed by atoms with Gasteiger partial charge in [0.15, 0.2) is 0 Å². The summed E-state index contributed by atoms with van der Waals surface area (Å²) in [5.74, 6) is -0.120. The van der Waals surface area contributed by atoms with Gasteiger partial charge in [-0.1, -0.05) is 0 Å². The fourth-order valence-corrected chi connectivity index (χ4v) is 1.47. The van der Waals surface area contributed by atoms with Crippen molar-refractivity contribution >= 4 is 5.97 Å². The van der Waals surface area contributed by atoms with Gasteiger partial charge in [0, 0.05) is 0 Å². The molecule has 5 heteroatoms. The summed E-state index contributed by atoms with van der Waals surface area (Å²) in [5.41, 5.74) is 0. The van der Waals surface area contributed by atoms with Gasteiger partial charge in [0.05, 0.1) is 40.3 Å². The van der Waals surface area contributed by atoms with Gasteiger partial charge in [-0.15, -0.1) is 0 Å². The van der Waals surface area contributed by atoms with Gasteiger partial charge < -0.3 is 26.4 Å². The first-order valence-electron chi connectivity index (χ1n) is 4.64. The molecule has 14 heavy (non-hydrogen) atoms. The molecule has 0 saturated carbocycles. The first-order chi connectivity index (χ1) is 6.16. The summed E-state index contributed by atoms with van der Waals surface area (Å²) in [6.45, 7) is 4.46. The van der Waals surface area contributed by atoms with Gasteiger partial charge in [0.2, 0.25) is 0 Å². The van der Waals surface area contributed by atoms with Crippen molar-refractivity contribution in [3.05, 3.63) is 0 Å². The maximum Gasteiger partial charge on any atom is 0.311 e. The van der Waals surface area contributed by atoms with Crippen LogP contribution < -0.4 is 12.4 Å². The highest BCUT2D eigenvalue weighted by atomic mass is 35.5. The van der Waals surface area contributed by atoms with Crippen LogP contribution in [0.15, 0.2) is 0 Å². The summed E-state index contributed by atoms with van der Waals surface area (Å²) in [6.07, 6.45) is 0.507. The topological polar surface area (TPSA) is 35.5 Å². The number of nitrogens with zero attached hydrogens (tertiary/aromatic N) is 1. The molecule has 0 aromatic carbocycles. The van der Waals surface area contributed by atoms with E-state index in [2.05, 4.69) is 11.8 Å². The Kier molecular flexibility index (Phi) is 6.08. The van der Waals surface area contributed by atoms with Gasteiger partial charge >= 0.3 is 5.97 Å². The van der Waals surface area contributed by atoms with Gasteiger partial charge in [-0.3, -0.25) is 4.79 Å². The molecular weight excluding hydrogens is 206 g/mol. The van der Waals surface area contributed by atoms with Crippen LogP contribution in [0.3, 0.4) is 0 Å². The van der Waals surface area contributed by atoms with E-state index in [1.807, 2.05) is 0 Å². The molecule has 0 aromatic heterocycles. The van der Waals surface area contributed by atoms with E-state index >= 15 is 0 Å². The molecule has 0 bridgehead atoms. The summed E-state index contributed by atoms with van der Waals surface area (Å²) >= 11 is 0. The Bertz CT molecular complexity index is 181. The molecule has 1 aliphatic rings. The molecule has 0 atom stereocenters. The van der Waals surface area contributed by atoms with Crippen LogP contribution in [0.25, 0.3) is 0 Å². The lowest BCUT2D eigenvalue weighted by molar-refractivity contribution is -0.916. The third-order valence-corrected chi connectivity index (χ3v) is 2.63. The standard InChI is InChI=1S/C9H18NO3.ClH/c1-10(4-3-9(11)12-2)5-7-13-8-6-10;/h3-8H2,1-2H3;1H/q+1;/p-1. The minimum absolute atomic E-state index is 0. The molecule has 1 aliphatic heterocycles. The SMILES string of the molecule is COC(=O)CC[N+]1(C)CCOCC1.[Cl-]. The minimum atomic E-state index is -0.120. The van der Waals surface area contributed by atoms with Gasteiger partial charge in [0.1, 0.15) is 13.1 Å². The normalized spacial score (nSPS) is 19.6. The molecule has 84 valence electrons. The van der Waals surface area contributed by atoms with Crippen LogP contribution in [0.4, 0.5) is 0 Å². The highest BCUT2D eigenvalue weighted by Crippen LogP contribution is 2.08. The number of carbonyl (C=O) groups is 1. The Morgan fingerprint density at radius 2 is 2.00 bits per heavy atom. The van der Waals surface area contributed by atoms with Crippen molar-refractivity contribution in [3.63, 3.8) is 0 Å². The zero-order valence-corrected chi connectivity index (χ0v) is 9.55. The zero-order valence-electron chi connectivity index (χ0n) is 8.79. The molecule has 1 heterocycles. The van der Waals surface area contributed by atoms with Crippen LogP contribution in [0.5, 0.6) is 0 Å². The molecule has 0 radical (unpaired) electrons. The van der Waals surface area contributed by atoms with E-state index in [0.29, 0.717) is 6.42 Å². The fraction of sp³-hybridized carbons (Fsp3) is 0.889. The second-order valence-electron chi connectivity index (χ2n) is 3.73. The third kappa shape index (κ3) is 4.26. The first kappa shape index (κ1) is 13.7. The summed E-state index contributed by atoms with van der Waals surface area (Å²) in [4.78, 5) is 10.9. The molecule has 0 aromatic rings. The lowest BCUT2D eigenvalue weighted by atomic mass is 10.3. The number of hydrogen-bond donors (Lipinski definition) is 0. The van der Waals surface area contributed by atoms with Gasteiger partial charge in [-0.05, 0) is 0 Å². The monoisotopic (exact) mass is 223 g/mol. The van der Waals surface area contributed by atoms with Crippen molar-refractivity contribution in [3.8, 4) is 0 Å². The van der Waals surface area contributed by atoms with Crippen LogP contribution in [-0.4, -0.2) is 57.5 Å².